The summed E-state index contributed by atoms with van der Waals surface area (Å²) in [4.78, 5) is 4.19. The van der Waals surface area contributed by atoms with Crippen LogP contribution in [0.1, 0.15) is 37.8 Å². The van der Waals surface area contributed by atoms with E-state index in [1.165, 1.54) is 19.3 Å². The second-order valence-electron chi connectivity index (χ2n) is 5.33. The van der Waals surface area contributed by atoms with Crippen LogP contribution in [0, 0.1) is 0 Å². The van der Waals surface area contributed by atoms with Crippen molar-refractivity contribution in [2.75, 3.05) is 13.1 Å². The fourth-order valence-corrected chi connectivity index (χ4v) is 2.31. The Morgan fingerprint density at radius 3 is 2.95 bits per heavy atom. The summed E-state index contributed by atoms with van der Waals surface area (Å²) in [7, 11) is 0. The first-order valence-electron chi connectivity index (χ1n) is 7.26. The van der Waals surface area contributed by atoms with E-state index in [4.69, 9.17) is 5.73 Å². The highest BCUT2D eigenvalue weighted by Gasteiger charge is 2.13. The Hall–Kier alpha value is -1.12. The fourth-order valence-electron chi connectivity index (χ4n) is 2.31. The first-order chi connectivity index (χ1) is 9.66. The topological polar surface area (TPSA) is 81.1 Å². The summed E-state index contributed by atoms with van der Waals surface area (Å²) in [6.07, 6.45) is 5.57. The zero-order valence-electron chi connectivity index (χ0n) is 12.6. The van der Waals surface area contributed by atoms with E-state index in [0.29, 0.717) is 12.5 Å². The summed E-state index contributed by atoms with van der Waals surface area (Å²) in [5.41, 5.74) is 6.78. The van der Waals surface area contributed by atoms with Crippen LogP contribution in [0.3, 0.4) is 0 Å². The lowest BCUT2D eigenvalue weighted by Gasteiger charge is -2.08. The molecule has 1 aromatic heterocycles. The van der Waals surface area contributed by atoms with Crippen molar-refractivity contribution in [3.05, 3.63) is 23.8 Å². The molecule has 0 aromatic carbocycles. The predicted octanol–water partition coefficient (Wildman–Crippen LogP) is 1.65. The molecule has 0 saturated carbocycles. The molecule has 0 saturated heterocycles. The van der Waals surface area contributed by atoms with Crippen molar-refractivity contribution in [2.24, 2.45) is 10.7 Å². The van der Waals surface area contributed by atoms with Crippen LogP contribution in [-0.2, 0) is 19.4 Å². The summed E-state index contributed by atoms with van der Waals surface area (Å²) in [6.45, 7) is 8.06. The Balaban J connectivity index is 0.00000220. The van der Waals surface area contributed by atoms with Gasteiger partial charge in [-0.25, -0.2) is 4.99 Å². The van der Waals surface area contributed by atoms with E-state index in [-0.39, 0.29) is 24.0 Å². The van der Waals surface area contributed by atoms with Gasteiger partial charge in [-0.1, -0.05) is 18.6 Å². The van der Waals surface area contributed by atoms with Crippen LogP contribution in [-0.4, -0.2) is 33.8 Å². The van der Waals surface area contributed by atoms with Gasteiger partial charge in [0.2, 0.25) is 0 Å². The zero-order valence-corrected chi connectivity index (χ0v) is 15.0. The van der Waals surface area contributed by atoms with E-state index in [1.54, 1.807) is 0 Å². The molecule has 3 N–H and O–H groups in total. The van der Waals surface area contributed by atoms with Crippen molar-refractivity contribution in [3.63, 3.8) is 0 Å². The van der Waals surface area contributed by atoms with Crippen LogP contribution in [0.4, 0.5) is 0 Å². The minimum absolute atomic E-state index is 0. The van der Waals surface area contributed by atoms with Gasteiger partial charge in [-0.05, 0) is 19.8 Å². The van der Waals surface area contributed by atoms with Gasteiger partial charge in [-0.3, -0.25) is 0 Å². The summed E-state index contributed by atoms with van der Waals surface area (Å²) in [5.74, 6) is 2.63. The summed E-state index contributed by atoms with van der Waals surface area (Å²) < 4.78 is 2.26. The number of nitrogens with two attached hydrogens (primary N) is 1. The minimum Gasteiger partial charge on any atom is -0.370 e. The third-order valence-corrected chi connectivity index (χ3v) is 3.36. The van der Waals surface area contributed by atoms with Gasteiger partial charge in [-0.15, -0.1) is 34.2 Å². The van der Waals surface area contributed by atoms with Crippen LogP contribution < -0.4 is 11.1 Å². The van der Waals surface area contributed by atoms with Gasteiger partial charge >= 0.3 is 0 Å². The molecule has 0 fully saturated rings. The van der Waals surface area contributed by atoms with Crippen LogP contribution in [0.15, 0.2) is 17.1 Å². The second-order valence-corrected chi connectivity index (χ2v) is 5.33. The molecular weight excluding hydrogens is 379 g/mol. The molecule has 1 aliphatic heterocycles. The van der Waals surface area contributed by atoms with Crippen LogP contribution >= 0.6 is 24.0 Å². The van der Waals surface area contributed by atoms with E-state index in [2.05, 4.69) is 31.7 Å². The lowest BCUT2D eigenvalue weighted by Crippen LogP contribution is -2.33. The van der Waals surface area contributed by atoms with E-state index in [1.807, 2.05) is 6.92 Å². The van der Waals surface area contributed by atoms with E-state index in [0.717, 1.165) is 43.2 Å². The van der Waals surface area contributed by atoms with Crippen molar-refractivity contribution >= 4 is 29.9 Å². The number of nitrogens with one attached hydrogen (secondary N) is 1. The maximum absolute atomic E-state index is 5.78. The van der Waals surface area contributed by atoms with Crippen LogP contribution in [0.5, 0.6) is 0 Å². The Morgan fingerprint density at radius 2 is 2.19 bits per heavy atom. The number of guanidine groups is 1. The summed E-state index contributed by atoms with van der Waals surface area (Å²) >= 11 is 0. The molecule has 0 amide bonds. The molecule has 0 unspecified atom stereocenters. The SMILES string of the molecule is C=C(C)CN=C(N)NCCc1nnc2n1CCCCC2.I. The summed E-state index contributed by atoms with van der Waals surface area (Å²) in [5, 5.41) is 11.7. The maximum atomic E-state index is 5.78. The molecule has 6 nitrogen and oxygen atoms in total. The normalized spacial score (nSPS) is 14.8. The molecule has 7 heteroatoms. The van der Waals surface area contributed by atoms with Gasteiger partial charge in [-0.2, -0.15) is 0 Å². The average molecular weight is 404 g/mol. The van der Waals surface area contributed by atoms with E-state index >= 15 is 0 Å². The number of aryl methyl sites for hydroxylation is 1. The number of halogens is 1. The number of rotatable bonds is 5. The molecule has 1 aliphatic rings. The zero-order chi connectivity index (χ0) is 14.4. The molecule has 0 atom stereocenters. The highest BCUT2D eigenvalue weighted by molar-refractivity contribution is 14.0. The van der Waals surface area contributed by atoms with Gasteiger partial charge in [0.05, 0.1) is 6.54 Å². The van der Waals surface area contributed by atoms with Gasteiger partial charge in [0.15, 0.2) is 5.96 Å². The largest absolute Gasteiger partial charge is 0.370 e. The Bertz CT molecular complexity index is 494. The van der Waals surface area contributed by atoms with E-state index in [9.17, 15) is 0 Å². The molecule has 0 spiro atoms. The second kappa shape index (κ2) is 9.01. The van der Waals surface area contributed by atoms with Crippen molar-refractivity contribution in [3.8, 4) is 0 Å². The molecule has 0 radical (unpaired) electrons. The van der Waals surface area contributed by atoms with Crippen LogP contribution in [0.25, 0.3) is 0 Å². The standard InChI is InChI=1S/C14H24N6.HI/c1-11(2)10-17-14(15)16-8-7-13-19-18-12-6-4-3-5-9-20(12)13;/h1,3-10H2,2H3,(H3,15,16,17);1H. The summed E-state index contributed by atoms with van der Waals surface area (Å²) in [6, 6.07) is 0. The Labute approximate surface area is 143 Å². The molecule has 2 rings (SSSR count). The van der Waals surface area contributed by atoms with Gasteiger partial charge < -0.3 is 15.6 Å². The monoisotopic (exact) mass is 404 g/mol. The molecule has 0 aliphatic carbocycles. The number of aliphatic imine (C=N–C) groups is 1. The predicted molar refractivity (Wildman–Crippen MR) is 96.0 cm³/mol. The van der Waals surface area contributed by atoms with Crippen LogP contribution in [0.2, 0.25) is 0 Å². The Kier molecular flexibility index (Phi) is 7.69. The van der Waals surface area contributed by atoms with Crippen molar-refractivity contribution in [2.45, 2.75) is 45.6 Å². The van der Waals surface area contributed by atoms with Crippen molar-refractivity contribution in [1.29, 1.82) is 0 Å². The average Bonchev–Trinajstić information content (AvgIpc) is 2.65. The lowest BCUT2D eigenvalue weighted by molar-refractivity contribution is 0.601. The quantitative estimate of drug-likeness (QED) is 0.339. The maximum Gasteiger partial charge on any atom is 0.188 e. The third kappa shape index (κ3) is 5.64. The molecule has 1 aromatic rings. The first-order valence-corrected chi connectivity index (χ1v) is 7.26. The molecule has 2 heterocycles. The number of aromatic nitrogens is 3. The first kappa shape index (κ1) is 17.9. The number of nitrogens with zero attached hydrogens (tertiary/aromatic N) is 4. The van der Waals surface area contributed by atoms with Crippen molar-refractivity contribution < 1.29 is 0 Å². The molecule has 0 bridgehead atoms. The smallest absolute Gasteiger partial charge is 0.188 e. The molecule has 118 valence electrons. The highest BCUT2D eigenvalue weighted by atomic mass is 127. The molecule has 21 heavy (non-hydrogen) atoms. The minimum atomic E-state index is 0. The molecular formula is C14H25IN6. The third-order valence-electron chi connectivity index (χ3n) is 3.36. The highest BCUT2D eigenvalue weighted by Crippen LogP contribution is 2.14. The lowest BCUT2D eigenvalue weighted by atomic mass is 10.2. The van der Waals surface area contributed by atoms with E-state index < -0.39 is 0 Å². The van der Waals surface area contributed by atoms with Gasteiger partial charge in [0.25, 0.3) is 0 Å². The Morgan fingerprint density at radius 1 is 1.38 bits per heavy atom. The van der Waals surface area contributed by atoms with Crippen molar-refractivity contribution in [1.82, 2.24) is 20.1 Å². The fraction of sp³-hybridized carbons (Fsp3) is 0.643. The number of fused-ring (bicyclic) bond motifs is 1. The van der Waals surface area contributed by atoms with Gasteiger partial charge in [0.1, 0.15) is 11.6 Å². The number of hydrogen-bond donors (Lipinski definition) is 2. The van der Waals surface area contributed by atoms with Gasteiger partial charge in [0, 0.05) is 25.9 Å². The number of hydrogen-bond acceptors (Lipinski definition) is 3.